The molecule has 0 saturated carbocycles. The molecule has 1 spiro atoms. The van der Waals surface area contributed by atoms with Gasteiger partial charge in [-0.1, -0.05) is 0 Å². The second-order valence-electron chi connectivity index (χ2n) is 4.17. The van der Waals surface area contributed by atoms with Crippen molar-refractivity contribution in [2.75, 3.05) is 19.0 Å². The fourth-order valence-electron chi connectivity index (χ4n) is 2.55. The first-order valence-corrected chi connectivity index (χ1v) is 6.11. The molecule has 0 atom stereocenters. The SMILES string of the molecule is NC1=C2SCNC2=CC12CCNCC2. The van der Waals surface area contributed by atoms with Crippen LogP contribution in [0, 0.1) is 5.41 Å². The molecule has 4 N–H and O–H groups in total. The van der Waals surface area contributed by atoms with Crippen LogP contribution in [-0.2, 0) is 0 Å². The summed E-state index contributed by atoms with van der Waals surface area (Å²) in [5, 5.41) is 6.77. The Labute approximate surface area is 88.2 Å². The maximum absolute atomic E-state index is 6.27. The lowest BCUT2D eigenvalue weighted by molar-refractivity contribution is 0.324. The van der Waals surface area contributed by atoms with Crippen molar-refractivity contribution in [2.45, 2.75) is 12.8 Å². The number of fused-ring (bicyclic) bond motifs is 1. The number of hydrogen-bond donors (Lipinski definition) is 3. The van der Waals surface area contributed by atoms with Crippen LogP contribution in [0.1, 0.15) is 12.8 Å². The van der Waals surface area contributed by atoms with E-state index in [0.717, 1.165) is 37.5 Å². The van der Waals surface area contributed by atoms with Gasteiger partial charge < -0.3 is 16.4 Å². The van der Waals surface area contributed by atoms with Crippen LogP contribution in [0.25, 0.3) is 0 Å². The van der Waals surface area contributed by atoms with E-state index >= 15 is 0 Å². The van der Waals surface area contributed by atoms with E-state index in [0.29, 0.717) is 0 Å². The molecule has 0 amide bonds. The van der Waals surface area contributed by atoms with Gasteiger partial charge in [-0.15, -0.1) is 11.8 Å². The van der Waals surface area contributed by atoms with Crippen molar-refractivity contribution in [2.24, 2.45) is 11.1 Å². The van der Waals surface area contributed by atoms with E-state index in [1.807, 2.05) is 11.8 Å². The van der Waals surface area contributed by atoms with Crippen LogP contribution in [0.3, 0.4) is 0 Å². The average molecular weight is 209 g/mol. The molecule has 2 fully saturated rings. The van der Waals surface area contributed by atoms with Crippen molar-refractivity contribution in [3.05, 3.63) is 22.4 Å². The molecule has 1 aliphatic carbocycles. The second-order valence-corrected chi connectivity index (χ2v) is 5.16. The zero-order valence-electron chi connectivity index (χ0n) is 8.10. The first-order chi connectivity index (χ1) is 6.82. The molecule has 2 aliphatic heterocycles. The lowest BCUT2D eigenvalue weighted by Crippen LogP contribution is -2.38. The first kappa shape index (κ1) is 8.68. The molecule has 3 rings (SSSR count). The van der Waals surface area contributed by atoms with E-state index in [1.54, 1.807) is 0 Å². The molecule has 76 valence electrons. The molecule has 2 saturated heterocycles. The molecule has 14 heavy (non-hydrogen) atoms. The Kier molecular flexibility index (Phi) is 1.82. The summed E-state index contributed by atoms with van der Waals surface area (Å²) in [5.74, 6) is 0.982. The molecular formula is C10H15N3S. The van der Waals surface area contributed by atoms with Gasteiger partial charge in [0.2, 0.25) is 0 Å². The van der Waals surface area contributed by atoms with Crippen LogP contribution in [0.2, 0.25) is 0 Å². The van der Waals surface area contributed by atoms with Crippen LogP contribution in [0.4, 0.5) is 0 Å². The van der Waals surface area contributed by atoms with Gasteiger partial charge in [0, 0.05) is 16.8 Å². The van der Waals surface area contributed by atoms with Crippen LogP contribution in [0.15, 0.2) is 22.4 Å². The summed E-state index contributed by atoms with van der Waals surface area (Å²) in [4.78, 5) is 1.31. The van der Waals surface area contributed by atoms with E-state index in [4.69, 9.17) is 5.73 Å². The largest absolute Gasteiger partial charge is 0.400 e. The van der Waals surface area contributed by atoms with Gasteiger partial charge in [0.1, 0.15) is 0 Å². The summed E-state index contributed by atoms with van der Waals surface area (Å²) in [6.45, 7) is 2.17. The third kappa shape index (κ3) is 1.04. The Balaban J connectivity index is 2.00. The average Bonchev–Trinajstić information content (AvgIpc) is 2.73. The second kappa shape index (κ2) is 2.94. The third-order valence-electron chi connectivity index (χ3n) is 3.42. The number of thioether (sulfide) groups is 1. The summed E-state index contributed by atoms with van der Waals surface area (Å²) in [5.41, 5.74) is 8.85. The van der Waals surface area contributed by atoms with Gasteiger partial charge in [-0.2, -0.15) is 0 Å². The first-order valence-electron chi connectivity index (χ1n) is 5.13. The summed E-state index contributed by atoms with van der Waals surface area (Å²) in [6, 6.07) is 0. The lowest BCUT2D eigenvalue weighted by Gasteiger charge is -2.33. The standard InChI is InChI=1S/C10H15N3S/c11-9-8-7(13-6-14-8)5-10(9)1-3-12-4-2-10/h5,12-13H,1-4,6,11H2. The highest BCUT2D eigenvalue weighted by Crippen LogP contribution is 2.49. The molecule has 0 bridgehead atoms. The number of nitrogens with two attached hydrogens (primary N) is 1. The van der Waals surface area contributed by atoms with E-state index in [2.05, 4.69) is 16.7 Å². The molecule has 3 nitrogen and oxygen atoms in total. The van der Waals surface area contributed by atoms with Crippen LogP contribution in [0.5, 0.6) is 0 Å². The monoisotopic (exact) mass is 209 g/mol. The fourth-order valence-corrected chi connectivity index (χ4v) is 3.57. The van der Waals surface area contributed by atoms with Gasteiger partial charge in [-0.3, -0.25) is 0 Å². The quantitative estimate of drug-likeness (QED) is 0.550. The molecule has 0 aromatic heterocycles. The van der Waals surface area contributed by atoms with Crippen molar-refractivity contribution in [1.82, 2.24) is 10.6 Å². The minimum absolute atomic E-state index is 0.177. The van der Waals surface area contributed by atoms with Gasteiger partial charge in [0.15, 0.2) is 0 Å². The minimum Gasteiger partial charge on any atom is -0.400 e. The smallest absolute Gasteiger partial charge is 0.0658 e. The van der Waals surface area contributed by atoms with E-state index in [-0.39, 0.29) is 5.41 Å². The Morgan fingerprint density at radius 1 is 1.36 bits per heavy atom. The van der Waals surface area contributed by atoms with Crippen molar-refractivity contribution >= 4 is 11.8 Å². The van der Waals surface area contributed by atoms with E-state index in [9.17, 15) is 0 Å². The normalized spacial score (nSPS) is 29.0. The maximum Gasteiger partial charge on any atom is 0.0658 e. The Morgan fingerprint density at radius 2 is 2.14 bits per heavy atom. The molecule has 0 radical (unpaired) electrons. The fraction of sp³-hybridized carbons (Fsp3) is 0.600. The van der Waals surface area contributed by atoms with Gasteiger partial charge in [0.05, 0.1) is 10.8 Å². The molecule has 0 aromatic rings. The predicted octanol–water partition coefficient (Wildman–Crippen LogP) is 0.718. The zero-order valence-corrected chi connectivity index (χ0v) is 8.91. The van der Waals surface area contributed by atoms with Crippen LogP contribution in [-0.4, -0.2) is 19.0 Å². The van der Waals surface area contributed by atoms with Crippen molar-refractivity contribution < 1.29 is 0 Å². The molecular weight excluding hydrogens is 194 g/mol. The Morgan fingerprint density at radius 3 is 2.86 bits per heavy atom. The van der Waals surface area contributed by atoms with Gasteiger partial charge in [-0.05, 0) is 32.0 Å². The van der Waals surface area contributed by atoms with Gasteiger partial charge in [0.25, 0.3) is 0 Å². The van der Waals surface area contributed by atoms with E-state index < -0.39 is 0 Å². The summed E-state index contributed by atoms with van der Waals surface area (Å²) in [6.07, 6.45) is 4.65. The highest BCUT2D eigenvalue weighted by atomic mass is 32.2. The number of allylic oxidation sites excluding steroid dienone is 1. The molecule has 2 heterocycles. The predicted molar refractivity (Wildman–Crippen MR) is 59.4 cm³/mol. The zero-order chi connectivity index (χ0) is 9.60. The summed E-state index contributed by atoms with van der Waals surface area (Å²) in [7, 11) is 0. The molecule has 4 heteroatoms. The van der Waals surface area contributed by atoms with Crippen molar-refractivity contribution in [1.29, 1.82) is 0 Å². The van der Waals surface area contributed by atoms with Crippen molar-refractivity contribution in [3.63, 3.8) is 0 Å². The van der Waals surface area contributed by atoms with Gasteiger partial charge >= 0.3 is 0 Å². The topological polar surface area (TPSA) is 50.1 Å². The maximum atomic E-state index is 6.27. The Hall–Kier alpha value is -0.610. The lowest BCUT2D eigenvalue weighted by atomic mass is 9.78. The van der Waals surface area contributed by atoms with Crippen LogP contribution < -0.4 is 16.4 Å². The number of rotatable bonds is 0. The number of piperidine rings is 1. The number of hydrogen-bond acceptors (Lipinski definition) is 4. The van der Waals surface area contributed by atoms with Crippen LogP contribution >= 0.6 is 11.8 Å². The highest BCUT2D eigenvalue weighted by molar-refractivity contribution is 8.03. The molecule has 3 aliphatic rings. The summed E-state index contributed by atoms with van der Waals surface area (Å²) >= 11 is 1.84. The highest BCUT2D eigenvalue weighted by Gasteiger charge is 2.41. The minimum atomic E-state index is 0.177. The Bertz CT molecular complexity index is 326. The number of nitrogens with one attached hydrogen (secondary N) is 2. The molecule has 0 unspecified atom stereocenters. The van der Waals surface area contributed by atoms with Gasteiger partial charge in [-0.25, -0.2) is 0 Å². The van der Waals surface area contributed by atoms with Crippen molar-refractivity contribution in [3.8, 4) is 0 Å². The van der Waals surface area contributed by atoms with E-state index in [1.165, 1.54) is 10.6 Å². The third-order valence-corrected chi connectivity index (χ3v) is 4.44. The summed E-state index contributed by atoms with van der Waals surface area (Å²) < 4.78 is 0. The molecule has 0 aromatic carbocycles.